The second kappa shape index (κ2) is 5.70. The number of carbonyl (C=O) groups excluding carboxylic acids is 1. The van der Waals surface area contributed by atoms with Crippen LogP contribution in [0.4, 0.5) is 0 Å². The van der Waals surface area contributed by atoms with Gasteiger partial charge in [-0.05, 0) is 0 Å². The fourth-order valence-corrected chi connectivity index (χ4v) is 0.899. The molecule has 0 heterocycles. The Kier molecular flexibility index (Phi) is 5.30. The van der Waals surface area contributed by atoms with Gasteiger partial charge in [0.1, 0.15) is 0 Å². The van der Waals surface area contributed by atoms with Crippen molar-refractivity contribution in [2.45, 2.75) is 6.04 Å². The van der Waals surface area contributed by atoms with E-state index in [4.69, 9.17) is 10.8 Å². The third-order valence-corrected chi connectivity index (χ3v) is 1.59. The molecule has 0 aliphatic carbocycles. The van der Waals surface area contributed by atoms with E-state index in [0.717, 1.165) is 0 Å². The molecule has 0 bridgehead atoms. The molecule has 0 spiro atoms. The first-order valence-corrected chi connectivity index (χ1v) is 3.71. The van der Waals surface area contributed by atoms with Gasteiger partial charge in [-0.2, -0.15) is 0 Å². The van der Waals surface area contributed by atoms with E-state index in [0.29, 0.717) is 5.56 Å². The number of aliphatic hydroxyl groups is 1. The van der Waals surface area contributed by atoms with Crippen molar-refractivity contribution >= 4 is 18.2 Å². The maximum Gasteiger partial charge on any atom is 0.181 e. The summed E-state index contributed by atoms with van der Waals surface area (Å²) in [5, 5.41) is 8.62. The van der Waals surface area contributed by atoms with Crippen molar-refractivity contribution in [1.29, 1.82) is 0 Å². The Bertz CT molecular complexity index is 264. The molecule has 4 heteroatoms. The fourth-order valence-electron chi connectivity index (χ4n) is 0.899. The molecular formula is C9H12ClNO2. The Morgan fingerprint density at radius 3 is 2.38 bits per heavy atom. The first-order chi connectivity index (χ1) is 5.75. The molecule has 0 saturated carbocycles. The molecule has 1 aromatic carbocycles. The summed E-state index contributed by atoms with van der Waals surface area (Å²) in [6, 6.07) is 7.90. The van der Waals surface area contributed by atoms with Gasteiger partial charge in [0.25, 0.3) is 0 Å². The number of benzene rings is 1. The summed E-state index contributed by atoms with van der Waals surface area (Å²) in [6.45, 7) is -0.312. The van der Waals surface area contributed by atoms with Crippen LogP contribution in [0.25, 0.3) is 0 Å². The van der Waals surface area contributed by atoms with Gasteiger partial charge >= 0.3 is 0 Å². The van der Waals surface area contributed by atoms with Crippen molar-refractivity contribution in [1.82, 2.24) is 0 Å². The molecule has 0 radical (unpaired) electrons. The average Bonchev–Trinajstić information content (AvgIpc) is 2.17. The van der Waals surface area contributed by atoms with Crippen molar-refractivity contribution in [3.63, 3.8) is 0 Å². The van der Waals surface area contributed by atoms with E-state index in [2.05, 4.69) is 0 Å². The molecule has 3 nitrogen and oxygen atoms in total. The van der Waals surface area contributed by atoms with Gasteiger partial charge in [0.15, 0.2) is 5.78 Å². The normalized spacial score (nSPS) is 11.5. The second-order valence-corrected chi connectivity index (χ2v) is 2.52. The summed E-state index contributed by atoms with van der Waals surface area (Å²) in [6.07, 6.45) is 0. The van der Waals surface area contributed by atoms with Crippen molar-refractivity contribution in [2.75, 3.05) is 6.61 Å². The second-order valence-electron chi connectivity index (χ2n) is 2.52. The summed E-state index contributed by atoms with van der Waals surface area (Å²) < 4.78 is 0. The van der Waals surface area contributed by atoms with Crippen LogP contribution in [0, 0.1) is 0 Å². The van der Waals surface area contributed by atoms with Crippen LogP contribution >= 0.6 is 12.4 Å². The first-order valence-electron chi connectivity index (χ1n) is 3.71. The predicted octanol–water partition coefficient (Wildman–Crippen LogP) is 0.611. The Hall–Kier alpha value is -0.900. The number of ketones is 1. The Morgan fingerprint density at radius 1 is 1.38 bits per heavy atom. The van der Waals surface area contributed by atoms with Gasteiger partial charge < -0.3 is 10.8 Å². The van der Waals surface area contributed by atoms with E-state index >= 15 is 0 Å². The van der Waals surface area contributed by atoms with E-state index in [9.17, 15) is 4.79 Å². The highest BCUT2D eigenvalue weighted by molar-refractivity contribution is 5.99. The minimum atomic E-state index is -0.799. The van der Waals surface area contributed by atoms with Gasteiger partial charge in [0.05, 0.1) is 12.6 Å². The lowest BCUT2D eigenvalue weighted by molar-refractivity contribution is 0.0925. The number of rotatable bonds is 3. The van der Waals surface area contributed by atoms with Crippen LogP contribution in [0.2, 0.25) is 0 Å². The lowest BCUT2D eigenvalue weighted by Crippen LogP contribution is -2.33. The molecule has 1 unspecified atom stereocenters. The average molecular weight is 202 g/mol. The highest BCUT2D eigenvalue weighted by atomic mass is 35.5. The molecule has 0 fully saturated rings. The first kappa shape index (κ1) is 12.1. The van der Waals surface area contributed by atoms with E-state index in [1.807, 2.05) is 6.07 Å². The van der Waals surface area contributed by atoms with Gasteiger partial charge in [-0.3, -0.25) is 4.79 Å². The maximum absolute atomic E-state index is 11.3. The summed E-state index contributed by atoms with van der Waals surface area (Å²) in [7, 11) is 0. The number of hydrogen-bond acceptors (Lipinski definition) is 3. The molecular weight excluding hydrogens is 190 g/mol. The molecule has 3 N–H and O–H groups in total. The van der Waals surface area contributed by atoms with Gasteiger partial charge in [-0.15, -0.1) is 12.4 Å². The zero-order chi connectivity index (χ0) is 8.97. The van der Waals surface area contributed by atoms with Crippen molar-refractivity contribution in [3.05, 3.63) is 35.9 Å². The summed E-state index contributed by atoms with van der Waals surface area (Å²) in [5.41, 5.74) is 5.89. The van der Waals surface area contributed by atoms with E-state index in [1.54, 1.807) is 24.3 Å². The molecule has 1 atom stereocenters. The monoisotopic (exact) mass is 201 g/mol. The van der Waals surface area contributed by atoms with Gasteiger partial charge in [0.2, 0.25) is 0 Å². The zero-order valence-corrected chi connectivity index (χ0v) is 7.83. The highest BCUT2D eigenvalue weighted by Gasteiger charge is 2.13. The van der Waals surface area contributed by atoms with Gasteiger partial charge in [-0.25, -0.2) is 0 Å². The summed E-state index contributed by atoms with van der Waals surface area (Å²) in [4.78, 5) is 11.3. The predicted molar refractivity (Wildman–Crippen MR) is 53.1 cm³/mol. The van der Waals surface area contributed by atoms with Gasteiger partial charge in [-0.1, -0.05) is 30.3 Å². The van der Waals surface area contributed by atoms with E-state index < -0.39 is 6.04 Å². The maximum atomic E-state index is 11.3. The smallest absolute Gasteiger partial charge is 0.181 e. The molecule has 0 aliphatic heterocycles. The molecule has 1 aromatic rings. The standard InChI is InChI=1S/C9H11NO2.ClH/c10-8(6-11)9(12)7-4-2-1-3-5-7;/h1-5,8,11H,6,10H2;1H. The molecule has 0 aliphatic rings. The van der Waals surface area contributed by atoms with Crippen LogP contribution in [-0.4, -0.2) is 23.5 Å². The lowest BCUT2D eigenvalue weighted by atomic mass is 10.1. The molecule has 0 saturated heterocycles. The quantitative estimate of drug-likeness (QED) is 0.705. The molecule has 1 rings (SSSR count). The van der Waals surface area contributed by atoms with Crippen LogP contribution in [-0.2, 0) is 0 Å². The Balaban J connectivity index is 0.00000144. The minimum Gasteiger partial charge on any atom is -0.394 e. The molecule has 13 heavy (non-hydrogen) atoms. The number of aliphatic hydroxyl groups excluding tert-OH is 1. The zero-order valence-electron chi connectivity index (χ0n) is 7.01. The lowest BCUT2D eigenvalue weighted by Gasteiger charge is -2.05. The van der Waals surface area contributed by atoms with Crippen molar-refractivity contribution < 1.29 is 9.90 Å². The Morgan fingerprint density at radius 2 is 1.92 bits per heavy atom. The topological polar surface area (TPSA) is 63.3 Å². The van der Waals surface area contributed by atoms with Crippen LogP contribution in [0.5, 0.6) is 0 Å². The van der Waals surface area contributed by atoms with E-state index in [-0.39, 0.29) is 24.8 Å². The number of nitrogens with two attached hydrogens (primary N) is 1. The largest absolute Gasteiger partial charge is 0.394 e. The van der Waals surface area contributed by atoms with Crippen LogP contribution in [0.3, 0.4) is 0 Å². The molecule has 0 amide bonds. The Labute approximate surface area is 83.0 Å². The van der Waals surface area contributed by atoms with Crippen LogP contribution in [0.1, 0.15) is 10.4 Å². The fraction of sp³-hybridized carbons (Fsp3) is 0.222. The highest BCUT2D eigenvalue weighted by Crippen LogP contribution is 2.01. The molecule has 72 valence electrons. The van der Waals surface area contributed by atoms with Crippen molar-refractivity contribution in [2.24, 2.45) is 5.73 Å². The third kappa shape index (κ3) is 3.14. The summed E-state index contributed by atoms with van der Waals surface area (Å²) >= 11 is 0. The SMILES string of the molecule is Cl.NC(CO)C(=O)c1ccccc1. The number of hydrogen-bond donors (Lipinski definition) is 2. The van der Waals surface area contributed by atoms with E-state index in [1.165, 1.54) is 0 Å². The minimum absolute atomic E-state index is 0. The number of carbonyl (C=O) groups is 1. The summed E-state index contributed by atoms with van der Waals surface area (Å²) in [5.74, 6) is -0.224. The van der Waals surface area contributed by atoms with Crippen LogP contribution < -0.4 is 5.73 Å². The molecule has 0 aromatic heterocycles. The van der Waals surface area contributed by atoms with Crippen LogP contribution in [0.15, 0.2) is 30.3 Å². The van der Waals surface area contributed by atoms with Crippen molar-refractivity contribution in [3.8, 4) is 0 Å². The number of Topliss-reactive ketones (excluding diaryl/α,β-unsaturated/α-hetero) is 1. The van der Waals surface area contributed by atoms with Gasteiger partial charge in [0, 0.05) is 5.56 Å². The number of halogens is 1. The third-order valence-electron chi connectivity index (χ3n) is 1.59.